The molecule has 116 valence electrons. The molecule has 1 amide bonds. The Morgan fingerprint density at radius 1 is 1.29 bits per heavy atom. The standard InChI is InChI=1S/C15H19F3N2O/c16-15(17,18)13-3-1-2-12(10-13)14(21)20-9-6-11-4-7-19-8-5-11/h1-3,10-11,19H,4-9H2,(H,20,21). The van der Waals surface area contributed by atoms with E-state index in [1.165, 1.54) is 12.1 Å². The van der Waals surface area contributed by atoms with Gasteiger partial charge < -0.3 is 10.6 Å². The summed E-state index contributed by atoms with van der Waals surface area (Å²) in [5.41, 5.74) is -0.747. The molecular weight excluding hydrogens is 281 g/mol. The third-order valence-corrected chi connectivity index (χ3v) is 3.75. The Balaban J connectivity index is 1.85. The van der Waals surface area contributed by atoms with E-state index in [0.29, 0.717) is 12.5 Å². The molecule has 2 rings (SSSR count). The number of nitrogens with one attached hydrogen (secondary N) is 2. The van der Waals surface area contributed by atoms with E-state index >= 15 is 0 Å². The number of benzene rings is 1. The van der Waals surface area contributed by atoms with Gasteiger partial charge in [-0.05, 0) is 56.5 Å². The average molecular weight is 300 g/mol. The lowest BCUT2D eigenvalue weighted by Gasteiger charge is -2.22. The Morgan fingerprint density at radius 3 is 2.67 bits per heavy atom. The highest BCUT2D eigenvalue weighted by Gasteiger charge is 2.30. The molecule has 0 radical (unpaired) electrons. The summed E-state index contributed by atoms with van der Waals surface area (Å²) in [4.78, 5) is 11.9. The van der Waals surface area contributed by atoms with Crippen LogP contribution in [-0.2, 0) is 6.18 Å². The predicted octanol–water partition coefficient (Wildman–Crippen LogP) is 2.82. The zero-order valence-electron chi connectivity index (χ0n) is 11.7. The third kappa shape index (κ3) is 4.74. The lowest BCUT2D eigenvalue weighted by atomic mass is 9.95. The van der Waals surface area contributed by atoms with Gasteiger partial charge in [-0.15, -0.1) is 0 Å². The topological polar surface area (TPSA) is 41.1 Å². The minimum atomic E-state index is -4.43. The summed E-state index contributed by atoms with van der Waals surface area (Å²) >= 11 is 0. The Bertz CT molecular complexity index is 482. The summed E-state index contributed by atoms with van der Waals surface area (Å²) in [6.07, 6.45) is -1.39. The number of alkyl halides is 3. The van der Waals surface area contributed by atoms with E-state index in [4.69, 9.17) is 0 Å². The molecule has 1 aliphatic rings. The summed E-state index contributed by atoms with van der Waals surface area (Å²) in [6, 6.07) is 4.51. The van der Waals surface area contributed by atoms with Gasteiger partial charge in [-0.1, -0.05) is 6.07 Å². The molecule has 1 aliphatic heterocycles. The molecule has 6 heteroatoms. The molecular formula is C15H19F3N2O. The van der Waals surface area contributed by atoms with Gasteiger partial charge in [0.15, 0.2) is 0 Å². The minimum absolute atomic E-state index is 0.0511. The monoisotopic (exact) mass is 300 g/mol. The van der Waals surface area contributed by atoms with Gasteiger partial charge in [-0.3, -0.25) is 4.79 Å². The van der Waals surface area contributed by atoms with E-state index in [-0.39, 0.29) is 5.56 Å². The number of hydrogen-bond donors (Lipinski definition) is 2. The Labute approximate surface area is 121 Å². The molecule has 1 aromatic rings. The molecule has 0 aliphatic carbocycles. The molecule has 0 atom stereocenters. The smallest absolute Gasteiger partial charge is 0.352 e. The van der Waals surface area contributed by atoms with Crippen LogP contribution in [0.3, 0.4) is 0 Å². The zero-order valence-corrected chi connectivity index (χ0v) is 11.7. The lowest BCUT2D eigenvalue weighted by molar-refractivity contribution is -0.137. The molecule has 0 unspecified atom stereocenters. The highest BCUT2D eigenvalue weighted by atomic mass is 19.4. The zero-order chi connectivity index (χ0) is 15.3. The van der Waals surface area contributed by atoms with Crippen molar-refractivity contribution < 1.29 is 18.0 Å². The second-order valence-electron chi connectivity index (χ2n) is 5.32. The number of carbonyl (C=O) groups is 1. The minimum Gasteiger partial charge on any atom is -0.352 e. The van der Waals surface area contributed by atoms with E-state index in [2.05, 4.69) is 10.6 Å². The largest absolute Gasteiger partial charge is 0.416 e. The van der Waals surface area contributed by atoms with E-state index in [9.17, 15) is 18.0 Å². The summed E-state index contributed by atoms with van der Waals surface area (Å²) in [6.45, 7) is 2.48. The number of piperidine rings is 1. The molecule has 3 nitrogen and oxygen atoms in total. The van der Waals surface area contributed by atoms with Crippen molar-refractivity contribution in [2.24, 2.45) is 5.92 Å². The van der Waals surface area contributed by atoms with Gasteiger partial charge in [0.2, 0.25) is 0 Å². The van der Waals surface area contributed by atoms with Gasteiger partial charge in [0, 0.05) is 12.1 Å². The molecule has 0 aromatic heterocycles. The van der Waals surface area contributed by atoms with E-state index in [1.807, 2.05) is 0 Å². The second kappa shape index (κ2) is 6.93. The fraction of sp³-hybridized carbons (Fsp3) is 0.533. The van der Waals surface area contributed by atoms with Gasteiger partial charge in [0.25, 0.3) is 5.91 Å². The highest BCUT2D eigenvalue weighted by molar-refractivity contribution is 5.94. The van der Waals surface area contributed by atoms with Crippen LogP contribution in [0.1, 0.15) is 35.2 Å². The molecule has 2 N–H and O–H groups in total. The fourth-order valence-corrected chi connectivity index (χ4v) is 2.50. The number of halogens is 3. The van der Waals surface area contributed by atoms with Crippen LogP contribution in [0.2, 0.25) is 0 Å². The summed E-state index contributed by atoms with van der Waals surface area (Å²) in [5.74, 6) is 0.128. The van der Waals surface area contributed by atoms with Crippen LogP contribution in [0.15, 0.2) is 24.3 Å². The van der Waals surface area contributed by atoms with Crippen LogP contribution >= 0.6 is 0 Å². The molecule has 0 bridgehead atoms. The Morgan fingerprint density at radius 2 is 2.00 bits per heavy atom. The lowest BCUT2D eigenvalue weighted by Crippen LogP contribution is -2.31. The Kier molecular flexibility index (Phi) is 5.22. The van der Waals surface area contributed by atoms with Gasteiger partial charge in [0.05, 0.1) is 5.56 Å². The molecule has 0 saturated carbocycles. The van der Waals surface area contributed by atoms with Crippen molar-refractivity contribution in [3.05, 3.63) is 35.4 Å². The van der Waals surface area contributed by atoms with Crippen molar-refractivity contribution in [1.29, 1.82) is 0 Å². The Hall–Kier alpha value is -1.56. The highest BCUT2D eigenvalue weighted by Crippen LogP contribution is 2.29. The SMILES string of the molecule is O=C(NCCC1CCNCC1)c1cccc(C(F)(F)F)c1. The number of hydrogen-bond acceptors (Lipinski definition) is 2. The second-order valence-corrected chi connectivity index (χ2v) is 5.32. The van der Waals surface area contributed by atoms with Crippen LogP contribution in [0, 0.1) is 5.92 Å². The van der Waals surface area contributed by atoms with Crippen molar-refractivity contribution in [2.75, 3.05) is 19.6 Å². The van der Waals surface area contributed by atoms with Crippen molar-refractivity contribution in [1.82, 2.24) is 10.6 Å². The predicted molar refractivity (Wildman–Crippen MR) is 74.0 cm³/mol. The third-order valence-electron chi connectivity index (χ3n) is 3.75. The maximum Gasteiger partial charge on any atom is 0.416 e. The molecule has 1 fully saturated rings. The van der Waals surface area contributed by atoms with Crippen LogP contribution in [-0.4, -0.2) is 25.5 Å². The first kappa shape index (κ1) is 15.8. The van der Waals surface area contributed by atoms with Gasteiger partial charge in [0.1, 0.15) is 0 Å². The van der Waals surface area contributed by atoms with E-state index in [0.717, 1.165) is 44.5 Å². The quantitative estimate of drug-likeness (QED) is 0.898. The van der Waals surface area contributed by atoms with Gasteiger partial charge in [-0.2, -0.15) is 13.2 Å². The fourth-order valence-electron chi connectivity index (χ4n) is 2.50. The molecule has 0 spiro atoms. The van der Waals surface area contributed by atoms with Crippen LogP contribution in [0.25, 0.3) is 0 Å². The number of carbonyl (C=O) groups excluding carboxylic acids is 1. The summed E-state index contributed by atoms with van der Waals surface area (Å²) in [5, 5.41) is 5.96. The average Bonchev–Trinajstić information content (AvgIpc) is 2.47. The van der Waals surface area contributed by atoms with Crippen molar-refractivity contribution in [3.63, 3.8) is 0 Å². The summed E-state index contributed by atoms with van der Waals surface area (Å²) in [7, 11) is 0. The molecule has 1 heterocycles. The first-order chi connectivity index (χ1) is 9.97. The maximum atomic E-state index is 12.6. The number of rotatable bonds is 4. The molecule has 1 aromatic carbocycles. The van der Waals surface area contributed by atoms with Gasteiger partial charge >= 0.3 is 6.18 Å². The number of amides is 1. The summed E-state index contributed by atoms with van der Waals surface area (Å²) < 4.78 is 37.8. The first-order valence-corrected chi connectivity index (χ1v) is 7.13. The normalized spacial score (nSPS) is 16.7. The maximum absolute atomic E-state index is 12.6. The van der Waals surface area contributed by atoms with E-state index in [1.54, 1.807) is 0 Å². The molecule has 21 heavy (non-hydrogen) atoms. The van der Waals surface area contributed by atoms with Gasteiger partial charge in [-0.25, -0.2) is 0 Å². The van der Waals surface area contributed by atoms with Crippen LogP contribution in [0.5, 0.6) is 0 Å². The van der Waals surface area contributed by atoms with Crippen molar-refractivity contribution >= 4 is 5.91 Å². The molecule has 1 saturated heterocycles. The van der Waals surface area contributed by atoms with Crippen molar-refractivity contribution in [2.45, 2.75) is 25.4 Å². The van der Waals surface area contributed by atoms with E-state index < -0.39 is 17.6 Å². The van der Waals surface area contributed by atoms with Crippen LogP contribution in [0.4, 0.5) is 13.2 Å². The van der Waals surface area contributed by atoms with Crippen molar-refractivity contribution in [3.8, 4) is 0 Å². The first-order valence-electron chi connectivity index (χ1n) is 7.13. The van der Waals surface area contributed by atoms with Crippen LogP contribution < -0.4 is 10.6 Å².